The number of aromatic nitrogens is 3. The number of imidazole rings is 1. The fourth-order valence-electron chi connectivity index (χ4n) is 2.79. The molecule has 0 spiro atoms. The fraction of sp³-hybridized carbons (Fsp3) is 0.538. The van der Waals surface area contributed by atoms with Crippen molar-refractivity contribution in [3.8, 4) is 0 Å². The predicted octanol–water partition coefficient (Wildman–Crippen LogP) is 1.86. The molecule has 0 saturated heterocycles. The van der Waals surface area contributed by atoms with Crippen molar-refractivity contribution in [2.45, 2.75) is 33.7 Å². The van der Waals surface area contributed by atoms with Gasteiger partial charge in [-0.1, -0.05) is 27.7 Å². The zero-order chi connectivity index (χ0) is 13.8. The van der Waals surface area contributed by atoms with Crippen molar-refractivity contribution in [2.75, 3.05) is 10.7 Å². The molecule has 0 amide bonds. The number of hydrazine groups is 1. The number of nitrogen functional groups attached to an aromatic ring is 1. The maximum Gasteiger partial charge on any atom is 0.180 e. The number of rotatable bonds is 3. The van der Waals surface area contributed by atoms with Crippen LogP contribution in [0.15, 0.2) is 18.6 Å². The smallest absolute Gasteiger partial charge is 0.180 e. The minimum Gasteiger partial charge on any atom is -0.363 e. The molecule has 0 unspecified atom stereocenters. The molecule has 0 aliphatic heterocycles. The molecule has 0 radical (unpaired) electrons. The lowest BCUT2D eigenvalue weighted by atomic mass is 10.0. The van der Waals surface area contributed by atoms with E-state index in [-0.39, 0.29) is 10.8 Å². The van der Waals surface area contributed by atoms with E-state index in [9.17, 15) is 0 Å². The van der Waals surface area contributed by atoms with Crippen LogP contribution in [0.25, 0.3) is 5.65 Å². The lowest BCUT2D eigenvalue weighted by Crippen LogP contribution is -2.15. The van der Waals surface area contributed by atoms with E-state index in [1.54, 1.807) is 6.20 Å². The first-order valence-electron chi connectivity index (χ1n) is 6.45. The lowest BCUT2D eigenvalue weighted by Gasteiger charge is -2.10. The summed E-state index contributed by atoms with van der Waals surface area (Å²) in [5, 5.41) is 3.51. The third-order valence-electron chi connectivity index (χ3n) is 4.82. The van der Waals surface area contributed by atoms with E-state index in [4.69, 9.17) is 5.84 Å². The van der Waals surface area contributed by atoms with E-state index < -0.39 is 0 Å². The molecule has 6 nitrogen and oxygen atoms in total. The van der Waals surface area contributed by atoms with Gasteiger partial charge in [0.25, 0.3) is 0 Å². The topological polar surface area (TPSA) is 80.3 Å². The van der Waals surface area contributed by atoms with E-state index in [1.165, 1.54) is 0 Å². The molecular weight excluding hydrogens is 240 g/mol. The zero-order valence-corrected chi connectivity index (χ0v) is 11.7. The van der Waals surface area contributed by atoms with Gasteiger partial charge in [0, 0.05) is 18.4 Å². The van der Waals surface area contributed by atoms with Gasteiger partial charge in [-0.15, -0.1) is 0 Å². The Morgan fingerprint density at radius 2 is 1.95 bits per heavy atom. The Morgan fingerprint density at radius 1 is 1.26 bits per heavy atom. The summed E-state index contributed by atoms with van der Waals surface area (Å²) >= 11 is 0. The fourth-order valence-corrected chi connectivity index (χ4v) is 2.79. The van der Waals surface area contributed by atoms with E-state index in [0.717, 1.165) is 11.5 Å². The van der Waals surface area contributed by atoms with E-state index in [1.807, 2.05) is 16.8 Å². The molecule has 0 bridgehead atoms. The van der Waals surface area contributed by atoms with Crippen LogP contribution in [0.1, 0.15) is 27.7 Å². The molecule has 4 N–H and O–H groups in total. The molecule has 1 aliphatic carbocycles. The molecule has 2 aromatic rings. The van der Waals surface area contributed by atoms with Gasteiger partial charge in [0.1, 0.15) is 0 Å². The molecule has 3 rings (SSSR count). The quantitative estimate of drug-likeness (QED) is 0.580. The Hall–Kier alpha value is -1.82. The van der Waals surface area contributed by atoms with Crippen molar-refractivity contribution < 1.29 is 0 Å². The van der Waals surface area contributed by atoms with Gasteiger partial charge in [-0.2, -0.15) is 0 Å². The monoisotopic (exact) mass is 260 g/mol. The number of nitrogens with zero attached hydrogens (tertiary/aromatic N) is 3. The summed E-state index contributed by atoms with van der Waals surface area (Å²) in [6.45, 7) is 9.05. The SMILES string of the molecule is CC1(C)C(Nc2nc(NN)cn3ccnc23)C1(C)C. The summed E-state index contributed by atoms with van der Waals surface area (Å²) in [5.41, 5.74) is 3.88. The summed E-state index contributed by atoms with van der Waals surface area (Å²) in [6.07, 6.45) is 5.45. The highest BCUT2D eigenvalue weighted by Gasteiger charge is 2.65. The molecule has 0 atom stereocenters. The van der Waals surface area contributed by atoms with E-state index >= 15 is 0 Å². The third-order valence-corrected chi connectivity index (χ3v) is 4.82. The van der Waals surface area contributed by atoms with Gasteiger partial charge in [-0.25, -0.2) is 15.8 Å². The Morgan fingerprint density at radius 3 is 2.53 bits per heavy atom. The van der Waals surface area contributed by atoms with Crippen LogP contribution in [-0.4, -0.2) is 20.4 Å². The summed E-state index contributed by atoms with van der Waals surface area (Å²) in [5.74, 6) is 6.84. The third kappa shape index (κ3) is 1.59. The lowest BCUT2D eigenvalue weighted by molar-refractivity contribution is 0.457. The van der Waals surface area contributed by atoms with Crippen molar-refractivity contribution in [1.29, 1.82) is 0 Å². The first-order valence-corrected chi connectivity index (χ1v) is 6.45. The second kappa shape index (κ2) is 3.60. The molecule has 1 saturated carbocycles. The van der Waals surface area contributed by atoms with Crippen molar-refractivity contribution >= 4 is 17.3 Å². The molecular formula is C13H20N6. The van der Waals surface area contributed by atoms with Gasteiger partial charge < -0.3 is 15.1 Å². The van der Waals surface area contributed by atoms with Crippen LogP contribution < -0.4 is 16.6 Å². The average Bonchev–Trinajstić information content (AvgIpc) is 2.77. The van der Waals surface area contributed by atoms with Gasteiger partial charge in [0.05, 0.1) is 6.20 Å². The van der Waals surface area contributed by atoms with Crippen LogP contribution >= 0.6 is 0 Å². The molecule has 2 heterocycles. The van der Waals surface area contributed by atoms with Crippen LogP contribution in [0.2, 0.25) is 0 Å². The number of hydrogen-bond donors (Lipinski definition) is 3. The number of anilines is 2. The Balaban J connectivity index is 1.99. The molecule has 0 aromatic carbocycles. The Kier molecular flexibility index (Phi) is 2.32. The standard InChI is InChI=1S/C13H20N6/c1-12(2)11(13(12,3)4)17-9-10-15-5-6-19(10)7-8(16-9)18-14/h5-7,11,18H,14H2,1-4H3,(H,16,17). The number of nitrogens with two attached hydrogens (primary N) is 1. The molecule has 1 aliphatic rings. The zero-order valence-electron chi connectivity index (χ0n) is 11.7. The average molecular weight is 260 g/mol. The predicted molar refractivity (Wildman–Crippen MR) is 75.8 cm³/mol. The first kappa shape index (κ1) is 12.2. The highest BCUT2D eigenvalue weighted by atomic mass is 15.3. The molecule has 6 heteroatoms. The van der Waals surface area contributed by atoms with Gasteiger partial charge in [0.15, 0.2) is 17.3 Å². The maximum absolute atomic E-state index is 5.46. The molecule has 1 fully saturated rings. The van der Waals surface area contributed by atoms with Gasteiger partial charge >= 0.3 is 0 Å². The van der Waals surface area contributed by atoms with Crippen molar-refractivity contribution in [3.05, 3.63) is 18.6 Å². The van der Waals surface area contributed by atoms with Gasteiger partial charge in [-0.3, -0.25) is 0 Å². The van der Waals surface area contributed by atoms with Crippen LogP contribution in [0, 0.1) is 10.8 Å². The van der Waals surface area contributed by atoms with Crippen molar-refractivity contribution in [2.24, 2.45) is 16.7 Å². The van der Waals surface area contributed by atoms with Gasteiger partial charge in [0.2, 0.25) is 0 Å². The molecule has 19 heavy (non-hydrogen) atoms. The minimum atomic E-state index is 0.240. The summed E-state index contributed by atoms with van der Waals surface area (Å²) in [4.78, 5) is 8.81. The second-order valence-electron chi connectivity index (χ2n) is 6.30. The number of nitrogens with one attached hydrogen (secondary N) is 2. The van der Waals surface area contributed by atoms with Crippen LogP contribution in [0.3, 0.4) is 0 Å². The number of hydrogen-bond acceptors (Lipinski definition) is 5. The summed E-state index contributed by atoms with van der Waals surface area (Å²) in [7, 11) is 0. The van der Waals surface area contributed by atoms with Crippen LogP contribution in [-0.2, 0) is 0 Å². The highest BCUT2D eigenvalue weighted by molar-refractivity contribution is 5.66. The van der Waals surface area contributed by atoms with Crippen LogP contribution in [0.5, 0.6) is 0 Å². The van der Waals surface area contributed by atoms with E-state index in [2.05, 4.69) is 48.4 Å². The first-order chi connectivity index (χ1) is 8.88. The minimum absolute atomic E-state index is 0.240. The van der Waals surface area contributed by atoms with Crippen molar-refractivity contribution in [3.63, 3.8) is 0 Å². The Labute approximate surface area is 112 Å². The van der Waals surface area contributed by atoms with E-state index in [0.29, 0.717) is 11.9 Å². The Bertz CT molecular complexity index is 613. The van der Waals surface area contributed by atoms with Crippen molar-refractivity contribution in [1.82, 2.24) is 14.4 Å². The molecule has 102 valence electrons. The number of fused-ring (bicyclic) bond motifs is 1. The largest absolute Gasteiger partial charge is 0.363 e. The second-order valence-corrected chi connectivity index (χ2v) is 6.30. The summed E-state index contributed by atoms with van der Waals surface area (Å²) < 4.78 is 1.91. The highest BCUT2D eigenvalue weighted by Crippen LogP contribution is 2.63. The summed E-state index contributed by atoms with van der Waals surface area (Å²) in [6, 6.07) is 0.376. The maximum atomic E-state index is 5.46. The van der Waals surface area contributed by atoms with Gasteiger partial charge in [-0.05, 0) is 10.8 Å². The normalized spacial score (nSPS) is 20.5. The van der Waals surface area contributed by atoms with Crippen LogP contribution in [0.4, 0.5) is 11.6 Å². The molecule has 2 aromatic heterocycles.